The maximum atomic E-state index is 12.9. The van der Waals surface area contributed by atoms with Crippen molar-refractivity contribution in [3.63, 3.8) is 0 Å². The topological polar surface area (TPSA) is 64.7 Å². The van der Waals surface area contributed by atoms with Crippen LogP contribution in [0.15, 0.2) is 34.9 Å². The molecule has 0 saturated carbocycles. The lowest BCUT2D eigenvalue weighted by atomic mass is 10.1. The number of alkyl halides is 3. The zero-order valence-corrected chi connectivity index (χ0v) is 18.4. The summed E-state index contributed by atoms with van der Waals surface area (Å²) < 4.78 is 42.0. The van der Waals surface area contributed by atoms with Gasteiger partial charge in [-0.1, -0.05) is 41.4 Å². The number of anilines is 1. The molecule has 0 spiro atoms. The Kier molecular flexibility index (Phi) is 6.56. The van der Waals surface area contributed by atoms with Crippen LogP contribution in [0.2, 0.25) is 5.02 Å². The van der Waals surface area contributed by atoms with Gasteiger partial charge in [-0.15, -0.1) is 0 Å². The van der Waals surface area contributed by atoms with E-state index in [0.717, 1.165) is 15.8 Å². The second kappa shape index (κ2) is 8.81. The summed E-state index contributed by atoms with van der Waals surface area (Å²) in [6, 6.07) is 8.00. The zero-order valence-electron chi connectivity index (χ0n) is 16.1. The molecule has 2 aromatic heterocycles. The largest absolute Gasteiger partial charge is 0.436 e. The third kappa shape index (κ3) is 5.23. The molecule has 30 heavy (non-hydrogen) atoms. The highest BCUT2D eigenvalue weighted by Crippen LogP contribution is 2.35. The molecule has 0 aliphatic heterocycles. The lowest BCUT2D eigenvalue weighted by Gasteiger charge is -2.06. The van der Waals surface area contributed by atoms with Crippen molar-refractivity contribution in [2.24, 2.45) is 0 Å². The number of amides is 1. The first kappa shape index (κ1) is 22.4. The van der Waals surface area contributed by atoms with Crippen molar-refractivity contribution in [3.8, 4) is 0 Å². The van der Waals surface area contributed by atoms with E-state index >= 15 is 0 Å². The number of hydrogen-bond acceptors (Lipinski definition) is 3. The van der Waals surface area contributed by atoms with Crippen LogP contribution in [0.3, 0.4) is 0 Å². The predicted octanol–water partition coefficient (Wildman–Crippen LogP) is 5.21. The van der Waals surface area contributed by atoms with E-state index in [9.17, 15) is 18.0 Å². The first-order chi connectivity index (χ1) is 14.0. The van der Waals surface area contributed by atoms with Gasteiger partial charge in [-0.3, -0.25) is 14.2 Å². The van der Waals surface area contributed by atoms with E-state index in [2.05, 4.69) is 31.4 Å². The minimum Gasteiger partial charge on any atom is -0.308 e. The molecule has 0 fully saturated rings. The molecule has 3 rings (SSSR count). The molecule has 0 bridgehead atoms. The highest BCUT2D eigenvalue weighted by Gasteiger charge is 2.38. The number of nitrogens with zero attached hydrogens (tertiary/aromatic N) is 4. The van der Waals surface area contributed by atoms with Crippen LogP contribution in [-0.2, 0) is 24.1 Å². The minimum absolute atomic E-state index is 0.0465. The Morgan fingerprint density at radius 3 is 2.47 bits per heavy atom. The van der Waals surface area contributed by atoms with Crippen LogP contribution in [-0.4, -0.2) is 25.5 Å². The molecular formula is C19H18BrClF3N5O. The summed E-state index contributed by atoms with van der Waals surface area (Å²) in [5, 5.41) is 10.0. The van der Waals surface area contributed by atoms with E-state index in [1.54, 1.807) is 10.9 Å². The van der Waals surface area contributed by atoms with Gasteiger partial charge in [0.2, 0.25) is 5.91 Å². The summed E-state index contributed by atoms with van der Waals surface area (Å²) in [5.41, 5.74) is 1.21. The van der Waals surface area contributed by atoms with Crippen molar-refractivity contribution in [3.05, 3.63) is 62.5 Å². The third-order valence-electron chi connectivity index (χ3n) is 4.39. The van der Waals surface area contributed by atoms with Gasteiger partial charge < -0.3 is 5.32 Å². The van der Waals surface area contributed by atoms with Gasteiger partial charge in [-0.05, 0) is 35.3 Å². The van der Waals surface area contributed by atoms with E-state index in [-0.39, 0.29) is 18.7 Å². The van der Waals surface area contributed by atoms with Gasteiger partial charge in [0.1, 0.15) is 0 Å². The summed E-state index contributed by atoms with van der Waals surface area (Å²) >= 11 is 9.07. The second-order valence-corrected chi connectivity index (χ2v) is 8.01. The average Bonchev–Trinajstić information content (AvgIpc) is 3.15. The van der Waals surface area contributed by atoms with Gasteiger partial charge >= 0.3 is 6.18 Å². The van der Waals surface area contributed by atoms with E-state index in [1.165, 1.54) is 6.92 Å². The molecule has 0 aliphatic rings. The van der Waals surface area contributed by atoms with Gasteiger partial charge in [0.25, 0.3) is 0 Å². The summed E-state index contributed by atoms with van der Waals surface area (Å²) in [6.07, 6.45) is -3.00. The van der Waals surface area contributed by atoms with Gasteiger partial charge in [-0.2, -0.15) is 23.4 Å². The molecule has 0 aliphatic carbocycles. The molecule has 1 aromatic carbocycles. The Labute approximate surface area is 184 Å². The molecule has 0 unspecified atom stereocenters. The number of hydrogen-bond donors (Lipinski definition) is 1. The van der Waals surface area contributed by atoms with Crippen LogP contribution < -0.4 is 5.32 Å². The van der Waals surface area contributed by atoms with Gasteiger partial charge in [0.15, 0.2) is 11.5 Å². The smallest absolute Gasteiger partial charge is 0.308 e. The highest BCUT2D eigenvalue weighted by molar-refractivity contribution is 9.10. The molecule has 0 radical (unpaired) electrons. The fourth-order valence-electron chi connectivity index (χ4n) is 2.77. The van der Waals surface area contributed by atoms with Crippen molar-refractivity contribution in [1.82, 2.24) is 19.6 Å². The Balaban J connectivity index is 1.62. The zero-order chi connectivity index (χ0) is 22.1. The fourth-order valence-corrected chi connectivity index (χ4v) is 3.43. The van der Waals surface area contributed by atoms with Crippen molar-refractivity contribution >= 4 is 39.3 Å². The Bertz CT molecular complexity index is 1060. The highest BCUT2D eigenvalue weighted by atomic mass is 79.9. The third-order valence-corrected chi connectivity index (χ3v) is 5.43. The van der Waals surface area contributed by atoms with E-state index in [1.807, 2.05) is 31.2 Å². The Hall–Kier alpha value is -2.33. The SMILES string of the molecule is Cc1ccc(Cn2cc(Br)c(NC(=O)CCn3nc(C(F)(F)F)c(Cl)c3C)n2)cc1. The number of benzene rings is 1. The number of aromatic nitrogens is 4. The summed E-state index contributed by atoms with van der Waals surface area (Å²) in [6.45, 7) is 3.91. The molecule has 11 heteroatoms. The van der Waals surface area contributed by atoms with E-state index < -0.39 is 22.8 Å². The quantitative estimate of drug-likeness (QED) is 0.501. The molecule has 2 heterocycles. The lowest BCUT2D eigenvalue weighted by molar-refractivity contribution is -0.141. The summed E-state index contributed by atoms with van der Waals surface area (Å²) in [7, 11) is 0. The van der Waals surface area contributed by atoms with Crippen molar-refractivity contribution in [1.29, 1.82) is 0 Å². The maximum Gasteiger partial charge on any atom is 0.436 e. The van der Waals surface area contributed by atoms with Crippen LogP contribution in [0.4, 0.5) is 19.0 Å². The number of carbonyl (C=O) groups excluding carboxylic acids is 1. The first-order valence-corrected chi connectivity index (χ1v) is 10.1. The van der Waals surface area contributed by atoms with Gasteiger partial charge in [0, 0.05) is 12.6 Å². The van der Waals surface area contributed by atoms with Crippen molar-refractivity contribution in [2.75, 3.05) is 5.32 Å². The number of nitrogens with one attached hydrogen (secondary N) is 1. The van der Waals surface area contributed by atoms with E-state index in [0.29, 0.717) is 16.8 Å². The second-order valence-electron chi connectivity index (χ2n) is 6.78. The number of aryl methyl sites for hydroxylation is 2. The predicted molar refractivity (Wildman–Crippen MR) is 110 cm³/mol. The lowest BCUT2D eigenvalue weighted by Crippen LogP contribution is -2.17. The maximum absolute atomic E-state index is 12.9. The standard InChI is InChI=1S/C19H18BrClF3N5O/c1-11-3-5-13(6-4-11)9-28-10-14(20)18(27-28)25-15(30)7-8-29-12(2)16(21)17(26-29)19(22,23)24/h3-6,10H,7-9H2,1-2H3,(H,25,27,30). The molecule has 1 N–H and O–H groups in total. The number of halogens is 5. The molecule has 160 valence electrons. The molecule has 3 aromatic rings. The van der Waals surface area contributed by atoms with Gasteiger partial charge in [-0.25, -0.2) is 0 Å². The van der Waals surface area contributed by atoms with Crippen LogP contribution in [0.5, 0.6) is 0 Å². The monoisotopic (exact) mass is 503 g/mol. The van der Waals surface area contributed by atoms with E-state index in [4.69, 9.17) is 11.6 Å². The van der Waals surface area contributed by atoms with Crippen LogP contribution in [0, 0.1) is 13.8 Å². The Morgan fingerprint density at radius 2 is 1.87 bits per heavy atom. The number of rotatable bonds is 6. The van der Waals surface area contributed by atoms with Crippen molar-refractivity contribution in [2.45, 2.75) is 39.5 Å². The number of carbonyl (C=O) groups is 1. The summed E-state index contributed by atoms with van der Waals surface area (Å²) in [4.78, 5) is 12.3. The molecule has 0 atom stereocenters. The molecular weight excluding hydrogens is 487 g/mol. The summed E-state index contributed by atoms with van der Waals surface area (Å²) in [5.74, 6) is -0.0748. The van der Waals surface area contributed by atoms with Gasteiger partial charge in [0.05, 0.1) is 28.3 Å². The minimum atomic E-state index is -4.65. The fraction of sp³-hybridized carbons (Fsp3) is 0.316. The first-order valence-electron chi connectivity index (χ1n) is 8.93. The van der Waals surface area contributed by atoms with Crippen molar-refractivity contribution < 1.29 is 18.0 Å². The van der Waals surface area contributed by atoms with Crippen LogP contribution in [0.25, 0.3) is 0 Å². The van der Waals surface area contributed by atoms with Crippen LogP contribution in [0.1, 0.15) is 28.9 Å². The normalized spacial score (nSPS) is 11.7. The molecule has 6 nitrogen and oxygen atoms in total. The van der Waals surface area contributed by atoms with Crippen LogP contribution >= 0.6 is 27.5 Å². The Morgan fingerprint density at radius 1 is 1.20 bits per heavy atom. The molecule has 0 saturated heterocycles. The average molecular weight is 505 g/mol. The molecule has 1 amide bonds.